The summed E-state index contributed by atoms with van der Waals surface area (Å²) >= 11 is 0. The Bertz CT molecular complexity index is 1100. The molecule has 0 fully saturated rings. The van der Waals surface area contributed by atoms with Crippen LogP contribution in [-0.2, 0) is 11.3 Å². The Balaban J connectivity index is 1.66. The molecule has 7 nitrogen and oxygen atoms in total. The number of anilines is 1. The number of aryl methyl sites for hydroxylation is 1. The smallest absolute Gasteiger partial charge is 0.241 e. The van der Waals surface area contributed by atoms with Crippen LogP contribution in [0.1, 0.15) is 139 Å². The number of nitrogens with zero attached hydrogens (tertiary/aromatic N) is 5. The summed E-state index contributed by atoms with van der Waals surface area (Å²) < 4.78 is 0. The summed E-state index contributed by atoms with van der Waals surface area (Å²) in [5.74, 6) is -0.0128. The van der Waals surface area contributed by atoms with E-state index in [-0.39, 0.29) is 17.7 Å². The van der Waals surface area contributed by atoms with Gasteiger partial charge in [-0.2, -0.15) is 4.80 Å². The largest absolute Gasteiger partial charge is 0.325 e. The van der Waals surface area contributed by atoms with Gasteiger partial charge in [0.1, 0.15) is 5.92 Å². The van der Waals surface area contributed by atoms with Crippen molar-refractivity contribution in [1.82, 2.24) is 25.2 Å². The molecule has 7 heteroatoms. The summed E-state index contributed by atoms with van der Waals surface area (Å²) in [6.07, 6.45) is 14.5. The molecule has 0 radical (unpaired) electrons. The van der Waals surface area contributed by atoms with Gasteiger partial charge in [-0.3, -0.25) is 9.78 Å². The van der Waals surface area contributed by atoms with Crippen molar-refractivity contribution in [1.29, 1.82) is 0 Å². The molecule has 1 N–H and O–H groups in total. The maximum absolute atomic E-state index is 13.8. The predicted octanol–water partition coefficient (Wildman–Crippen LogP) is 8.01. The highest BCUT2D eigenvalue weighted by Crippen LogP contribution is 2.33. The predicted molar refractivity (Wildman–Crippen MR) is 159 cm³/mol. The first-order chi connectivity index (χ1) is 18.9. The van der Waals surface area contributed by atoms with Crippen LogP contribution in [0, 0.1) is 0 Å². The summed E-state index contributed by atoms with van der Waals surface area (Å²) in [5, 5.41) is 16.5. The number of nitrogens with one attached hydrogen (secondary N) is 1. The number of para-hydroxylation sites is 1. The normalized spacial score (nSPS) is 12.3. The molecule has 0 aliphatic rings. The van der Waals surface area contributed by atoms with E-state index < -0.39 is 5.92 Å². The van der Waals surface area contributed by atoms with Crippen LogP contribution in [0.5, 0.6) is 0 Å². The van der Waals surface area contributed by atoms with Crippen LogP contribution < -0.4 is 5.32 Å². The van der Waals surface area contributed by atoms with Gasteiger partial charge in [0.15, 0.2) is 5.82 Å². The third kappa shape index (κ3) is 9.26. The number of pyridine rings is 1. The molecule has 1 aromatic carbocycles. The van der Waals surface area contributed by atoms with Crippen molar-refractivity contribution in [2.45, 2.75) is 123 Å². The quantitative estimate of drug-likeness (QED) is 0.178. The average molecular weight is 533 g/mol. The summed E-state index contributed by atoms with van der Waals surface area (Å²) in [7, 11) is 0. The Morgan fingerprint density at radius 1 is 0.821 bits per heavy atom. The highest BCUT2D eigenvalue weighted by Gasteiger charge is 2.30. The van der Waals surface area contributed by atoms with E-state index in [1.54, 1.807) is 11.0 Å². The lowest BCUT2D eigenvalue weighted by atomic mass is 9.92. The van der Waals surface area contributed by atoms with Crippen LogP contribution in [0.4, 0.5) is 5.69 Å². The minimum atomic E-state index is -0.743. The SMILES string of the molecule is CCCCCCCCCCCCn1nnc([C@H](C(=O)Nc2c(C(C)C)cccc2C(C)C)c2ccccn2)n1. The van der Waals surface area contributed by atoms with Gasteiger partial charge in [0.05, 0.1) is 12.2 Å². The Morgan fingerprint density at radius 3 is 2.00 bits per heavy atom. The van der Waals surface area contributed by atoms with E-state index >= 15 is 0 Å². The monoisotopic (exact) mass is 532 g/mol. The second-order valence-corrected chi connectivity index (χ2v) is 11.2. The van der Waals surface area contributed by atoms with E-state index in [1.807, 2.05) is 18.2 Å². The summed E-state index contributed by atoms with van der Waals surface area (Å²) in [5.41, 5.74) is 3.73. The second-order valence-electron chi connectivity index (χ2n) is 11.2. The number of hydrogen-bond acceptors (Lipinski definition) is 5. The van der Waals surface area contributed by atoms with Gasteiger partial charge in [-0.25, -0.2) is 0 Å². The molecular formula is C32H48N6O. The molecule has 0 aliphatic heterocycles. The van der Waals surface area contributed by atoms with Crippen LogP contribution in [-0.4, -0.2) is 31.1 Å². The number of amides is 1. The number of carbonyl (C=O) groups is 1. The zero-order valence-electron chi connectivity index (χ0n) is 24.7. The van der Waals surface area contributed by atoms with Gasteiger partial charge in [-0.15, -0.1) is 10.2 Å². The third-order valence-electron chi connectivity index (χ3n) is 7.31. The van der Waals surface area contributed by atoms with Crippen LogP contribution >= 0.6 is 0 Å². The molecule has 1 atom stereocenters. The van der Waals surface area contributed by atoms with E-state index in [0.29, 0.717) is 18.1 Å². The van der Waals surface area contributed by atoms with Crippen molar-refractivity contribution < 1.29 is 4.79 Å². The van der Waals surface area contributed by atoms with Crippen molar-refractivity contribution >= 4 is 11.6 Å². The highest BCUT2D eigenvalue weighted by molar-refractivity contribution is 5.98. The molecule has 2 heterocycles. The lowest BCUT2D eigenvalue weighted by molar-refractivity contribution is -0.117. The van der Waals surface area contributed by atoms with Gasteiger partial charge in [0, 0.05) is 11.9 Å². The van der Waals surface area contributed by atoms with Crippen LogP contribution in [0.3, 0.4) is 0 Å². The lowest BCUT2D eigenvalue weighted by Gasteiger charge is -2.22. The van der Waals surface area contributed by atoms with Crippen molar-refractivity contribution in [3.05, 3.63) is 65.2 Å². The molecule has 0 saturated heterocycles. The fraction of sp³-hybridized carbons (Fsp3) is 0.594. The number of tetrazole rings is 1. The first kappa shape index (κ1) is 30.5. The topological polar surface area (TPSA) is 85.6 Å². The van der Waals surface area contributed by atoms with Crippen LogP contribution in [0.15, 0.2) is 42.6 Å². The van der Waals surface area contributed by atoms with Gasteiger partial charge in [-0.1, -0.05) is 117 Å². The molecule has 212 valence electrons. The van der Waals surface area contributed by atoms with Crippen molar-refractivity contribution in [2.75, 3.05) is 5.32 Å². The zero-order valence-corrected chi connectivity index (χ0v) is 24.7. The first-order valence-electron chi connectivity index (χ1n) is 15.0. The molecule has 0 spiro atoms. The average Bonchev–Trinajstić information content (AvgIpc) is 3.38. The fourth-order valence-electron chi connectivity index (χ4n) is 5.03. The van der Waals surface area contributed by atoms with Gasteiger partial charge in [0.25, 0.3) is 0 Å². The standard InChI is InChI=1S/C32H48N6O/c1-6-7-8-9-10-11-12-13-14-17-23-38-36-31(35-37-38)29(28-21-15-16-22-33-28)32(39)34-30-26(24(2)3)19-18-20-27(30)25(4)5/h15-16,18-22,24-25,29H,6-14,17,23H2,1-5H3,(H,34,39)/t29-/m1/s1. The van der Waals surface area contributed by atoms with Crippen molar-refractivity contribution in [2.24, 2.45) is 0 Å². The van der Waals surface area contributed by atoms with Crippen molar-refractivity contribution in [3.63, 3.8) is 0 Å². The number of hydrogen-bond donors (Lipinski definition) is 1. The minimum absolute atomic E-state index is 0.192. The summed E-state index contributed by atoms with van der Waals surface area (Å²) in [6, 6.07) is 11.8. The molecule has 1 amide bonds. The Morgan fingerprint density at radius 2 is 1.44 bits per heavy atom. The maximum Gasteiger partial charge on any atom is 0.241 e. The van der Waals surface area contributed by atoms with Crippen molar-refractivity contribution in [3.8, 4) is 0 Å². The van der Waals surface area contributed by atoms with E-state index in [0.717, 1.165) is 29.7 Å². The molecule has 2 aromatic heterocycles. The molecule has 3 rings (SSSR count). The number of aromatic nitrogens is 5. The minimum Gasteiger partial charge on any atom is -0.325 e. The molecule has 39 heavy (non-hydrogen) atoms. The van der Waals surface area contributed by atoms with Gasteiger partial charge >= 0.3 is 0 Å². The maximum atomic E-state index is 13.8. The van der Waals surface area contributed by atoms with Gasteiger partial charge in [0.2, 0.25) is 5.91 Å². The van der Waals surface area contributed by atoms with E-state index in [4.69, 9.17) is 0 Å². The molecule has 3 aromatic rings. The number of rotatable bonds is 17. The third-order valence-corrected chi connectivity index (χ3v) is 7.31. The fourth-order valence-corrected chi connectivity index (χ4v) is 5.03. The molecular weight excluding hydrogens is 484 g/mol. The second kappa shape index (κ2) is 16.1. The highest BCUT2D eigenvalue weighted by atomic mass is 16.2. The van der Waals surface area contributed by atoms with Gasteiger partial charge in [-0.05, 0) is 46.7 Å². The van der Waals surface area contributed by atoms with Crippen LogP contribution in [0.2, 0.25) is 0 Å². The summed E-state index contributed by atoms with van der Waals surface area (Å²) in [4.78, 5) is 20.0. The zero-order chi connectivity index (χ0) is 28.0. The number of unbranched alkanes of at least 4 members (excludes halogenated alkanes) is 9. The molecule has 0 saturated carbocycles. The van der Waals surface area contributed by atoms with Crippen LogP contribution in [0.25, 0.3) is 0 Å². The summed E-state index contributed by atoms with van der Waals surface area (Å²) in [6.45, 7) is 11.5. The van der Waals surface area contributed by atoms with E-state index in [1.165, 1.54) is 51.4 Å². The Hall–Kier alpha value is -3.09. The number of benzene rings is 1. The first-order valence-corrected chi connectivity index (χ1v) is 15.0. The van der Waals surface area contributed by atoms with Gasteiger partial charge < -0.3 is 5.32 Å². The molecule has 0 bridgehead atoms. The molecule has 0 unspecified atom stereocenters. The van der Waals surface area contributed by atoms with E-state index in [2.05, 4.69) is 78.5 Å². The molecule has 0 aliphatic carbocycles. The number of carbonyl (C=O) groups excluding carboxylic acids is 1. The Kier molecular flexibility index (Phi) is 12.6. The Labute approximate surface area is 235 Å². The lowest BCUT2D eigenvalue weighted by Crippen LogP contribution is -2.25. The van der Waals surface area contributed by atoms with E-state index in [9.17, 15) is 4.79 Å².